The van der Waals surface area contributed by atoms with E-state index in [-0.39, 0.29) is 29.7 Å². The predicted molar refractivity (Wildman–Crippen MR) is 67.5 cm³/mol. The van der Waals surface area contributed by atoms with Gasteiger partial charge in [0.15, 0.2) is 0 Å². The van der Waals surface area contributed by atoms with E-state index in [1.165, 1.54) is 18.2 Å². The highest BCUT2D eigenvalue weighted by molar-refractivity contribution is 5.45. The second kappa shape index (κ2) is 5.01. The average molecular weight is 265 g/mol. The van der Waals surface area contributed by atoms with Crippen molar-refractivity contribution < 1.29 is 25.3 Å². The Labute approximate surface area is 109 Å². The van der Waals surface area contributed by atoms with Gasteiger partial charge in [-0.15, -0.1) is 4.73 Å². The first-order chi connectivity index (χ1) is 9.02. The molecule has 0 aliphatic heterocycles. The molecule has 0 bridgehead atoms. The fraction of sp³-hybridized carbons (Fsp3) is 0.231. The van der Waals surface area contributed by atoms with Crippen LogP contribution in [-0.2, 0) is 6.42 Å². The number of benzene rings is 1. The summed E-state index contributed by atoms with van der Waals surface area (Å²) in [4.78, 5) is 5.05. The molecule has 6 heteroatoms. The molecule has 1 aromatic heterocycles. The quantitative estimate of drug-likeness (QED) is 0.669. The van der Waals surface area contributed by atoms with Gasteiger partial charge in [0.25, 0.3) is 0 Å². The van der Waals surface area contributed by atoms with Crippen molar-refractivity contribution in [1.82, 2.24) is 4.73 Å². The minimum atomic E-state index is -0.216. The molecule has 0 atom stereocenters. The summed E-state index contributed by atoms with van der Waals surface area (Å²) in [5.41, 5.74) is 0.925. The van der Waals surface area contributed by atoms with Gasteiger partial charge in [-0.05, 0) is 18.6 Å². The molecule has 4 N–H and O–H groups in total. The molecule has 2 aromatic rings. The molecule has 1 heterocycles. The van der Waals surface area contributed by atoms with Crippen LogP contribution in [0.5, 0.6) is 23.3 Å². The Bertz CT molecular complexity index is 591. The van der Waals surface area contributed by atoms with Crippen LogP contribution in [0.15, 0.2) is 24.3 Å². The summed E-state index contributed by atoms with van der Waals surface area (Å²) < 4.78 is 0.923. The Morgan fingerprint density at radius 1 is 1.05 bits per heavy atom. The summed E-state index contributed by atoms with van der Waals surface area (Å²) in [6.45, 7) is 2.02. The smallest absolute Gasteiger partial charge is 0.232 e. The van der Waals surface area contributed by atoms with Crippen LogP contribution >= 0.6 is 0 Å². The van der Waals surface area contributed by atoms with E-state index in [4.69, 9.17) is 4.84 Å². The summed E-state index contributed by atoms with van der Waals surface area (Å²) in [5.74, 6) is -0.553. The van der Waals surface area contributed by atoms with Crippen molar-refractivity contribution in [3.63, 3.8) is 0 Å². The summed E-state index contributed by atoms with van der Waals surface area (Å²) >= 11 is 0. The number of rotatable bonds is 4. The Kier molecular flexibility index (Phi) is 3.41. The number of phenolic OH excluding ortho intramolecular Hbond substituents is 2. The fourth-order valence-electron chi connectivity index (χ4n) is 1.81. The van der Waals surface area contributed by atoms with Crippen LogP contribution in [0.3, 0.4) is 0 Å². The van der Waals surface area contributed by atoms with Crippen molar-refractivity contribution >= 4 is 0 Å². The van der Waals surface area contributed by atoms with E-state index in [9.17, 15) is 20.4 Å². The molecule has 0 aliphatic carbocycles. The van der Waals surface area contributed by atoms with Crippen LogP contribution < -0.4 is 4.84 Å². The van der Waals surface area contributed by atoms with Gasteiger partial charge in [-0.2, -0.15) is 0 Å². The van der Waals surface area contributed by atoms with Crippen molar-refractivity contribution in [3.05, 3.63) is 35.4 Å². The van der Waals surface area contributed by atoms with E-state index in [1.54, 1.807) is 13.0 Å². The van der Waals surface area contributed by atoms with Gasteiger partial charge < -0.3 is 25.3 Å². The Morgan fingerprint density at radius 3 is 2.42 bits per heavy atom. The summed E-state index contributed by atoms with van der Waals surface area (Å²) in [6.07, 6.45) is 0.200. The molecule has 0 saturated carbocycles. The van der Waals surface area contributed by atoms with Crippen LogP contribution in [-0.4, -0.2) is 31.8 Å². The lowest BCUT2D eigenvalue weighted by atomic mass is 10.1. The zero-order chi connectivity index (χ0) is 14.0. The molecule has 2 rings (SSSR count). The third kappa shape index (κ3) is 2.52. The summed E-state index contributed by atoms with van der Waals surface area (Å²) in [7, 11) is 0. The van der Waals surface area contributed by atoms with E-state index >= 15 is 0 Å². The van der Waals surface area contributed by atoms with Gasteiger partial charge in [0.05, 0.1) is 0 Å². The number of aromatic nitrogens is 1. The topological polar surface area (TPSA) is 95.1 Å². The molecule has 0 fully saturated rings. The fourth-order valence-corrected chi connectivity index (χ4v) is 1.81. The number of nitrogens with zero attached hydrogens (tertiary/aromatic N) is 1. The molecular weight excluding hydrogens is 250 g/mol. The molecule has 0 unspecified atom stereocenters. The van der Waals surface area contributed by atoms with Crippen LogP contribution in [0.1, 0.15) is 18.1 Å². The highest BCUT2D eigenvalue weighted by atomic mass is 16.7. The number of hydrogen-bond acceptors (Lipinski definition) is 5. The second-order valence-corrected chi connectivity index (χ2v) is 4.05. The van der Waals surface area contributed by atoms with E-state index in [1.807, 2.05) is 0 Å². The maximum atomic E-state index is 9.89. The molecular formula is C13H15NO5. The molecule has 102 valence electrons. The Hall–Kier alpha value is -2.50. The highest BCUT2D eigenvalue weighted by Crippen LogP contribution is 2.31. The summed E-state index contributed by atoms with van der Waals surface area (Å²) in [6, 6.07) is 5.55. The van der Waals surface area contributed by atoms with Crippen LogP contribution in [0.25, 0.3) is 0 Å². The third-order valence-electron chi connectivity index (χ3n) is 2.70. The number of phenols is 2. The lowest BCUT2D eigenvalue weighted by Gasteiger charge is -2.07. The van der Waals surface area contributed by atoms with Crippen molar-refractivity contribution in [2.75, 3.05) is 6.61 Å². The normalized spacial score (nSPS) is 10.6. The molecule has 0 radical (unpaired) electrons. The monoisotopic (exact) mass is 265 g/mol. The minimum Gasteiger partial charge on any atom is -0.508 e. The molecule has 0 aliphatic rings. The Morgan fingerprint density at radius 2 is 1.79 bits per heavy atom. The average Bonchev–Trinajstić information content (AvgIpc) is 2.61. The van der Waals surface area contributed by atoms with Gasteiger partial charge in [-0.3, -0.25) is 0 Å². The van der Waals surface area contributed by atoms with Gasteiger partial charge in [0.2, 0.25) is 11.8 Å². The number of hydrogen-bond donors (Lipinski definition) is 4. The van der Waals surface area contributed by atoms with Crippen molar-refractivity contribution in [2.45, 2.75) is 13.3 Å². The lowest BCUT2D eigenvalue weighted by Crippen LogP contribution is -2.09. The van der Waals surface area contributed by atoms with Gasteiger partial charge >= 0.3 is 0 Å². The van der Waals surface area contributed by atoms with E-state index in [2.05, 4.69) is 0 Å². The zero-order valence-corrected chi connectivity index (χ0v) is 10.4. The van der Waals surface area contributed by atoms with Gasteiger partial charge in [-0.25, -0.2) is 0 Å². The summed E-state index contributed by atoms with van der Waals surface area (Å²) in [5, 5.41) is 38.4. The van der Waals surface area contributed by atoms with Gasteiger partial charge in [0, 0.05) is 24.1 Å². The van der Waals surface area contributed by atoms with E-state index in [0.29, 0.717) is 17.7 Å². The predicted octanol–water partition coefficient (Wildman–Crippen LogP) is 1.35. The van der Waals surface area contributed by atoms with Gasteiger partial charge in [0.1, 0.15) is 18.1 Å². The standard InChI is InChI=1S/C13H15NO5/c1-2-19-14-12(17)6-9(13(14)18)5-8-3-4-10(15)7-11(8)16/h3-4,6-7,15-18H,2,5H2,1H3. The molecule has 0 saturated heterocycles. The van der Waals surface area contributed by atoms with Crippen molar-refractivity contribution in [1.29, 1.82) is 0 Å². The van der Waals surface area contributed by atoms with Gasteiger partial charge in [-0.1, -0.05) is 6.07 Å². The molecule has 0 amide bonds. The maximum Gasteiger partial charge on any atom is 0.232 e. The second-order valence-electron chi connectivity index (χ2n) is 4.05. The van der Waals surface area contributed by atoms with E-state index in [0.717, 1.165) is 4.73 Å². The largest absolute Gasteiger partial charge is 0.508 e. The molecule has 1 aromatic carbocycles. The number of aromatic hydroxyl groups is 4. The lowest BCUT2D eigenvalue weighted by molar-refractivity contribution is 0.0840. The van der Waals surface area contributed by atoms with Crippen LogP contribution in [0, 0.1) is 0 Å². The first kappa shape index (κ1) is 12.9. The van der Waals surface area contributed by atoms with Crippen molar-refractivity contribution in [3.8, 4) is 23.3 Å². The van der Waals surface area contributed by atoms with E-state index < -0.39 is 0 Å². The molecule has 0 spiro atoms. The first-order valence-electron chi connectivity index (χ1n) is 5.79. The first-order valence-corrected chi connectivity index (χ1v) is 5.79. The van der Waals surface area contributed by atoms with Crippen LogP contribution in [0.4, 0.5) is 0 Å². The SMILES string of the molecule is CCOn1c(O)cc(Cc2ccc(O)cc2O)c1O. The maximum absolute atomic E-state index is 9.89. The van der Waals surface area contributed by atoms with Crippen LogP contribution in [0.2, 0.25) is 0 Å². The molecule has 19 heavy (non-hydrogen) atoms. The highest BCUT2D eigenvalue weighted by Gasteiger charge is 2.16. The third-order valence-corrected chi connectivity index (χ3v) is 2.70. The van der Waals surface area contributed by atoms with Crippen molar-refractivity contribution in [2.24, 2.45) is 0 Å². The Balaban J connectivity index is 2.31. The molecule has 6 nitrogen and oxygen atoms in total. The zero-order valence-electron chi connectivity index (χ0n) is 10.4. The minimum absolute atomic E-state index is 0.0415.